The number of halogens is 2. The highest BCUT2D eigenvalue weighted by Gasteiger charge is 2.35. The van der Waals surface area contributed by atoms with E-state index in [1.807, 2.05) is 36.8 Å². The Bertz CT molecular complexity index is 1170. The highest BCUT2D eigenvalue weighted by molar-refractivity contribution is 8.45. The van der Waals surface area contributed by atoms with Crippen molar-refractivity contribution in [1.29, 1.82) is 5.41 Å². The predicted molar refractivity (Wildman–Crippen MR) is 124 cm³/mol. The number of hydrazone groups is 1. The van der Waals surface area contributed by atoms with E-state index in [4.69, 9.17) is 28.6 Å². The Morgan fingerprint density at radius 3 is 2.66 bits per heavy atom. The Morgan fingerprint density at radius 2 is 1.97 bits per heavy atom. The molecule has 6 nitrogen and oxygen atoms in total. The third kappa shape index (κ3) is 3.54. The van der Waals surface area contributed by atoms with Crippen molar-refractivity contribution in [3.05, 3.63) is 56.8 Å². The number of amides is 1. The summed E-state index contributed by atoms with van der Waals surface area (Å²) in [4.78, 5) is 16.7. The number of carbonyl (C=O) groups excluding carboxylic acids is 1. The van der Waals surface area contributed by atoms with E-state index < -0.39 is 5.91 Å². The van der Waals surface area contributed by atoms with Crippen molar-refractivity contribution in [1.82, 2.24) is 9.58 Å². The molecule has 0 spiro atoms. The Hall–Kier alpha value is -2.00. The average molecular weight is 464 g/mol. The number of aliphatic imine (C=N–C) groups is 1. The van der Waals surface area contributed by atoms with Gasteiger partial charge in [0.15, 0.2) is 10.2 Å². The van der Waals surface area contributed by atoms with Crippen molar-refractivity contribution in [2.24, 2.45) is 10.1 Å². The largest absolute Gasteiger partial charge is 0.318 e. The minimum absolute atomic E-state index is 0.0240. The summed E-state index contributed by atoms with van der Waals surface area (Å²) in [7, 11) is 0. The topological polar surface area (TPSA) is 73.8 Å². The summed E-state index contributed by atoms with van der Waals surface area (Å²) in [6, 6.07) is 7.39. The van der Waals surface area contributed by atoms with E-state index in [2.05, 4.69) is 10.1 Å². The summed E-state index contributed by atoms with van der Waals surface area (Å²) < 4.78 is 2.77. The van der Waals surface area contributed by atoms with E-state index in [0.29, 0.717) is 15.2 Å². The summed E-state index contributed by atoms with van der Waals surface area (Å²) in [5.41, 5.74) is 3.77. The summed E-state index contributed by atoms with van der Waals surface area (Å²) >= 11 is 15.0. The van der Waals surface area contributed by atoms with Crippen molar-refractivity contribution in [3.8, 4) is 5.69 Å². The molecule has 4 rings (SSSR count). The van der Waals surface area contributed by atoms with Gasteiger partial charge in [0.2, 0.25) is 5.17 Å². The van der Waals surface area contributed by atoms with Gasteiger partial charge in [-0.25, -0.2) is 0 Å². The van der Waals surface area contributed by atoms with Gasteiger partial charge in [-0.05, 0) is 67.8 Å². The van der Waals surface area contributed by atoms with E-state index in [1.54, 1.807) is 18.2 Å². The van der Waals surface area contributed by atoms with Crippen molar-refractivity contribution >= 4 is 74.1 Å². The zero-order valence-electron chi connectivity index (χ0n) is 15.7. The molecule has 0 radical (unpaired) electrons. The molecule has 148 valence electrons. The molecule has 1 aromatic heterocycles. The first-order valence-electron chi connectivity index (χ1n) is 8.48. The third-order valence-corrected chi connectivity index (χ3v) is 7.17. The molecule has 0 bridgehead atoms. The number of benzene rings is 1. The van der Waals surface area contributed by atoms with Crippen LogP contribution in [-0.4, -0.2) is 37.1 Å². The zero-order chi connectivity index (χ0) is 20.9. The van der Waals surface area contributed by atoms with Crippen LogP contribution in [0.15, 0.2) is 39.9 Å². The fourth-order valence-electron chi connectivity index (χ4n) is 3.17. The van der Waals surface area contributed by atoms with Crippen molar-refractivity contribution in [2.45, 2.75) is 13.8 Å². The van der Waals surface area contributed by atoms with Gasteiger partial charge in [-0.15, -0.1) is 16.9 Å². The fourth-order valence-corrected chi connectivity index (χ4v) is 4.81. The molecule has 2 aliphatic rings. The standard InChI is InChI=1S/C19H15Cl2N5OS2/c1-9-6-11(10(2)25(9)12-4-5-14(20)15(21)8-12)7-13-16(22)26-18(23-17(13)27)29-19(24-26)28-3/h4-8,22H,1-3H3/b13-7-,22-16?. The van der Waals surface area contributed by atoms with Gasteiger partial charge < -0.3 is 4.57 Å². The monoisotopic (exact) mass is 463 g/mol. The number of hydrogen-bond acceptors (Lipinski definition) is 5. The SMILES string of the molecule is CSC1=NN2C(=N)/C(=C/c3cc(C)n(-c4ccc(Cl)c(Cl)c4)c3C)C(=O)N=C2S1. The fraction of sp³-hybridized carbons (Fsp3) is 0.158. The average Bonchev–Trinajstić information content (AvgIpc) is 3.21. The first-order valence-corrected chi connectivity index (χ1v) is 11.3. The van der Waals surface area contributed by atoms with Crippen LogP contribution in [0.25, 0.3) is 11.8 Å². The summed E-state index contributed by atoms with van der Waals surface area (Å²) in [6.45, 7) is 3.91. The van der Waals surface area contributed by atoms with Gasteiger partial charge in [-0.3, -0.25) is 10.2 Å². The number of amidine groups is 2. The number of aromatic nitrogens is 1. The van der Waals surface area contributed by atoms with E-state index >= 15 is 0 Å². The smallest absolute Gasteiger partial charge is 0.283 e. The molecule has 0 unspecified atom stereocenters. The van der Waals surface area contributed by atoms with Gasteiger partial charge in [0, 0.05) is 17.1 Å². The second-order valence-corrected chi connectivity index (χ2v) is 9.17. The van der Waals surface area contributed by atoms with Gasteiger partial charge in [-0.1, -0.05) is 23.2 Å². The lowest BCUT2D eigenvalue weighted by atomic mass is 10.1. The number of rotatable bonds is 2. The van der Waals surface area contributed by atoms with Gasteiger partial charge in [0.1, 0.15) is 0 Å². The number of fused-ring (bicyclic) bond motifs is 1. The molecule has 1 N–H and O–H groups in total. The summed E-state index contributed by atoms with van der Waals surface area (Å²) in [5.74, 6) is -0.415. The van der Waals surface area contributed by atoms with Crippen LogP contribution in [0.2, 0.25) is 10.0 Å². The van der Waals surface area contributed by atoms with Crippen LogP contribution in [0, 0.1) is 19.3 Å². The van der Waals surface area contributed by atoms with Crippen molar-refractivity contribution in [3.63, 3.8) is 0 Å². The number of carbonyl (C=O) groups is 1. The van der Waals surface area contributed by atoms with Gasteiger partial charge in [0.25, 0.3) is 5.91 Å². The lowest BCUT2D eigenvalue weighted by Gasteiger charge is -2.20. The van der Waals surface area contributed by atoms with Crippen LogP contribution in [0.3, 0.4) is 0 Å². The maximum atomic E-state index is 12.6. The molecule has 29 heavy (non-hydrogen) atoms. The quantitative estimate of drug-likeness (QED) is 0.609. The van der Waals surface area contributed by atoms with E-state index in [1.165, 1.54) is 28.5 Å². The predicted octanol–water partition coefficient (Wildman–Crippen LogP) is 5.34. The molecule has 2 aliphatic heterocycles. The molecule has 0 saturated carbocycles. The minimum Gasteiger partial charge on any atom is -0.318 e. The molecule has 1 amide bonds. The van der Waals surface area contributed by atoms with Crippen LogP contribution < -0.4 is 0 Å². The Labute approximate surface area is 186 Å². The van der Waals surface area contributed by atoms with Crippen molar-refractivity contribution < 1.29 is 4.79 Å². The lowest BCUT2D eigenvalue weighted by molar-refractivity contribution is -0.114. The maximum absolute atomic E-state index is 12.6. The third-order valence-electron chi connectivity index (χ3n) is 4.54. The molecule has 1 aromatic carbocycles. The molecular formula is C19H15Cl2N5OS2. The van der Waals surface area contributed by atoms with E-state index in [9.17, 15) is 4.79 Å². The molecular weight excluding hydrogens is 449 g/mol. The number of aryl methyl sites for hydroxylation is 1. The van der Waals surface area contributed by atoms with Crippen molar-refractivity contribution in [2.75, 3.05) is 6.26 Å². The second kappa shape index (κ2) is 7.68. The molecule has 0 saturated heterocycles. The van der Waals surface area contributed by atoms with Crippen LogP contribution in [0.1, 0.15) is 17.0 Å². The molecule has 2 aromatic rings. The van der Waals surface area contributed by atoms with Gasteiger partial charge in [-0.2, -0.15) is 10.0 Å². The summed E-state index contributed by atoms with van der Waals surface area (Å²) in [5, 5.41) is 15.6. The molecule has 3 heterocycles. The number of nitrogens with one attached hydrogen (secondary N) is 1. The Balaban J connectivity index is 1.76. The van der Waals surface area contributed by atoms with Crippen LogP contribution in [0.4, 0.5) is 0 Å². The number of nitrogens with zero attached hydrogens (tertiary/aromatic N) is 4. The van der Waals surface area contributed by atoms with Crippen LogP contribution >= 0.6 is 46.7 Å². The van der Waals surface area contributed by atoms with Gasteiger partial charge in [0.05, 0.1) is 15.6 Å². The van der Waals surface area contributed by atoms with Gasteiger partial charge >= 0.3 is 0 Å². The molecule has 0 fully saturated rings. The van der Waals surface area contributed by atoms with E-state index in [0.717, 1.165) is 27.0 Å². The lowest BCUT2D eigenvalue weighted by Crippen LogP contribution is -2.35. The molecule has 0 aliphatic carbocycles. The Kier molecular flexibility index (Phi) is 5.37. The second-order valence-electron chi connectivity index (χ2n) is 6.35. The summed E-state index contributed by atoms with van der Waals surface area (Å²) in [6.07, 6.45) is 3.59. The minimum atomic E-state index is -0.439. The first kappa shape index (κ1) is 20.3. The first-order chi connectivity index (χ1) is 13.8. The number of thioether (sulfide) groups is 2. The maximum Gasteiger partial charge on any atom is 0.283 e. The Morgan fingerprint density at radius 1 is 1.21 bits per heavy atom. The highest BCUT2D eigenvalue weighted by Crippen LogP contribution is 2.33. The van der Waals surface area contributed by atoms with Crippen LogP contribution in [0.5, 0.6) is 0 Å². The van der Waals surface area contributed by atoms with Crippen LogP contribution in [-0.2, 0) is 4.79 Å². The molecule has 10 heteroatoms. The highest BCUT2D eigenvalue weighted by atomic mass is 35.5. The molecule has 0 atom stereocenters. The number of hydrogen-bond donors (Lipinski definition) is 1. The zero-order valence-corrected chi connectivity index (χ0v) is 18.8. The van der Waals surface area contributed by atoms with E-state index in [-0.39, 0.29) is 11.4 Å². The normalized spacial score (nSPS) is 17.7.